The van der Waals surface area contributed by atoms with Gasteiger partial charge in [-0.2, -0.15) is 0 Å². The lowest BCUT2D eigenvalue weighted by Gasteiger charge is -2.14. The number of methoxy groups -OCH3 is 1. The molecule has 23 heavy (non-hydrogen) atoms. The summed E-state index contributed by atoms with van der Waals surface area (Å²) in [7, 11) is 1.26. The Morgan fingerprint density at radius 1 is 1.30 bits per heavy atom. The number of carbonyl (C=O) groups is 1. The SMILES string of the molecule is CCc1ccc(OCc2c(Cl)cccc2NC(=O)OC)c(F)c1. The van der Waals surface area contributed by atoms with Crippen LogP contribution in [0.1, 0.15) is 18.1 Å². The van der Waals surface area contributed by atoms with E-state index in [0.29, 0.717) is 16.3 Å². The smallest absolute Gasteiger partial charge is 0.411 e. The average Bonchev–Trinajstić information content (AvgIpc) is 2.55. The van der Waals surface area contributed by atoms with Crippen molar-refractivity contribution >= 4 is 23.4 Å². The summed E-state index contributed by atoms with van der Waals surface area (Å²) >= 11 is 6.14. The van der Waals surface area contributed by atoms with Gasteiger partial charge in [0.1, 0.15) is 6.61 Å². The number of hydrogen-bond donors (Lipinski definition) is 1. The van der Waals surface area contributed by atoms with E-state index in [1.165, 1.54) is 13.2 Å². The molecule has 2 aromatic carbocycles. The van der Waals surface area contributed by atoms with Gasteiger partial charge in [0.05, 0.1) is 12.8 Å². The van der Waals surface area contributed by atoms with E-state index in [2.05, 4.69) is 10.1 Å². The molecule has 0 fully saturated rings. The lowest BCUT2D eigenvalue weighted by Crippen LogP contribution is -2.13. The van der Waals surface area contributed by atoms with E-state index in [1.807, 2.05) is 6.92 Å². The molecule has 0 saturated carbocycles. The minimum atomic E-state index is -0.619. The largest absolute Gasteiger partial charge is 0.486 e. The summed E-state index contributed by atoms with van der Waals surface area (Å²) in [5, 5.41) is 2.96. The second-order valence-electron chi connectivity index (χ2n) is 4.79. The van der Waals surface area contributed by atoms with E-state index in [0.717, 1.165) is 12.0 Å². The molecular weight excluding hydrogens is 321 g/mol. The molecule has 6 heteroatoms. The van der Waals surface area contributed by atoms with Crippen molar-refractivity contribution in [1.82, 2.24) is 0 Å². The zero-order chi connectivity index (χ0) is 16.8. The van der Waals surface area contributed by atoms with Gasteiger partial charge in [0.15, 0.2) is 11.6 Å². The van der Waals surface area contributed by atoms with Crippen molar-refractivity contribution in [3.63, 3.8) is 0 Å². The first kappa shape index (κ1) is 17.1. The Balaban J connectivity index is 2.18. The van der Waals surface area contributed by atoms with Gasteiger partial charge in [-0.25, -0.2) is 9.18 Å². The van der Waals surface area contributed by atoms with Gasteiger partial charge in [-0.15, -0.1) is 0 Å². The molecule has 0 aromatic heterocycles. The van der Waals surface area contributed by atoms with Crippen molar-refractivity contribution in [3.05, 3.63) is 58.4 Å². The van der Waals surface area contributed by atoms with Crippen LogP contribution in [0.3, 0.4) is 0 Å². The van der Waals surface area contributed by atoms with E-state index in [9.17, 15) is 9.18 Å². The Morgan fingerprint density at radius 3 is 2.74 bits per heavy atom. The third-order valence-electron chi connectivity index (χ3n) is 3.32. The number of anilines is 1. The van der Waals surface area contributed by atoms with Gasteiger partial charge < -0.3 is 9.47 Å². The molecule has 2 rings (SSSR count). The van der Waals surface area contributed by atoms with Crippen molar-refractivity contribution in [1.29, 1.82) is 0 Å². The molecule has 0 aliphatic heterocycles. The number of halogens is 2. The molecular formula is C17H17ClFNO3. The van der Waals surface area contributed by atoms with Crippen LogP contribution in [0.5, 0.6) is 5.75 Å². The quantitative estimate of drug-likeness (QED) is 0.852. The van der Waals surface area contributed by atoms with Crippen molar-refractivity contribution in [2.75, 3.05) is 12.4 Å². The lowest BCUT2D eigenvalue weighted by molar-refractivity contribution is 0.187. The lowest BCUT2D eigenvalue weighted by atomic mass is 10.1. The van der Waals surface area contributed by atoms with Gasteiger partial charge in [-0.05, 0) is 36.2 Å². The summed E-state index contributed by atoms with van der Waals surface area (Å²) in [4.78, 5) is 11.4. The third-order valence-corrected chi connectivity index (χ3v) is 3.67. The Morgan fingerprint density at radius 2 is 2.09 bits per heavy atom. The van der Waals surface area contributed by atoms with Gasteiger partial charge >= 0.3 is 6.09 Å². The number of hydrogen-bond acceptors (Lipinski definition) is 3. The Labute approximate surface area is 139 Å². The number of aryl methyl sites for hydroxylation is 1. The molecule has 0 radical (unpaired) electrons. The predicted octanol–water partition coefficient (Wildman–Crippen LogP) is 4.80. The number of amides is 1. The number of nitrogens with one attached hydrogen (secondary N) is 1. The monoisotopic (exact) mass is 337 g/mol. The van der Waals surface area contributed by atoms with Gasteiger partial charge in [-0.3, -0.25) is 5.32 Å². The van der Waals surface area contributed by atoms with Crippen LogP contribution in [-0.2, 0) is 17.8 Å². The predicted molar refractivity (Wildman–Crippen MR) is 87.6 cm³/mol. The third kappa shape index (κ3) is 4.36. The highest BCUT2D eigenvalue weighted by Crippen LogP contribution is 2.27. The van der Waals surface area contributed by atoms with Crippen LogP contribution < -0.4 is 10.1 Å². The summed E-state index contributed by atoms with van der Waals surface area (Å²) in [6, 6.07) is 9.84. The van der Waals surface area contributed by atoms with Crippen LogP contribution in [-0.4, -0.2) is 13.2 Å². The molecule has 0 atom stereocenters. The highest BCUT2D eigenvalue weighted by atomic mass is 35.5. The molecule has 0 aliphatic carbocycles. The van der Waals surface area contributed by atoms with Gasteiger partial charge in [0.25, 0.3) is 0 Å². The summed E-state index contributed by atoms with van der Waals surface area (Å²) < 4.78 is 24.0. The Bertz CT molecular complexity index is 706. The zero-order valence-corrected chi connectivity index (χ0v) is 13.6. The first-order chi connectivity index (χ1) is 11.0. The molecule has 0 aliphatic rings. The fraction of sp³-hybridized carbons (Fsp3) is 0.235. The first-order valence-electron chi connectivity index (χ1n) is 7.08. The Kier molecular flexibility index (Phi) is 5.82. The standard InChI is InChI=1S/C17H17ClFNO3/c1-3-11-7-8-16(14(19)9-11)23-10-12-13(18)5-4-6-15(12)20-17(21)22-2/h4-9H,3,10H2,1-2H3,(H,20,21). The second kappa shape index (κ2) is 7.83. The summed E-state index contributed by atoms with van der Waals surface area (Å²) in [5.41, 5.74) is 1.88. The molecule has 0 spiro atoms. The fourth-order valence-electron chi connectivity index (χ4n) is 2.01. The molecule has 122 valence electrons. The van der Waals surface area contributed by atoms with E-state index in [-0.39, 0.29) is 12.4 Å². The minimum Gasteiger partial charge on any atom is -0.486 e. The van der Waals surface area contributed by atoms with E-state index < -0.39 is 11.9 Å². The van der Waals surface area contributed by atoms with Crippen molar-refractivity contribution in [2.45, 2.75) is 20.0 Å². The Hall–Kier alpha value is -2.27. The molecule has 0 saturated heterocycles. The first-order valence-corrected chi connectivity index (χ1v) is 7.46. The highest BCUT2D eigenvalue weighted by molar-refractivity contribution is 6.31. The molecule has 1 N–H and O–H groups in total. The second-order valence-corrected chi connectivity index (χ2v) is 5.20. The average molecular weight is 338 g/mol. The van der Waals surface area contributed by atoms with E-state index in [4.69, 9.17) is 16.3 Å². The van der Waals surface area contributed by atoms with Crippen LogP contribution in [0.4, 0.5) is 14.9 Å². The minimum absolute atomic E-state index is 0.0153. The maximum absolute atomic E-state index is 14.0. The normalized spacial score (nSPS) is 10.3. The number of benzene rings is 2. The van der Waals surface area contributed by atoms with Crippen molar-refractivity contribution < 1.29 is 18.7 Å². The molecule has 0 unspecified atom stereocenters. The highest BCUT2D eigenvalue weighted by Gasteiger charge is 2.12. The molecule has 4 nitrogen and oxygen atoms in total. The van der Waals surface area contributed by atoms with Crippen LogP contribution >= 0.6 is 11.6 Å². The van der Waals surface area contributed by atoms with Crippen LogP contribution in [0.25, 0.3) is 0 Å². The summed E-state index contributed by atoms with van der Waals surface area (Å²) in [5.74, 6) is -0.301. The van der Waals surface area contributed by atoms with E-state index in [1.54, 1.807) is 30.3 Å². The van der Waals surface area contributed by atoms with Crippen molar-refractivity contribution in [3.8, 4) is 5.75 Å². The molecule has 1 amide bonds. The van der Waals surface area contributed by atoms with Crippen LogP contribution in [0.15, 0.2) is 36.4 Å². The number of ether oxygens (including phenoxy) is 2. The number of carbonyl (C=O) groups excluding carboxylic acids is 1. The topological polar surface area (TPSA) is 47.6 Å². The van der Waals surface area contributed by atoms with Gasteiger partial charge in [0.2, 0.25) is 0 Å². The summed E-state index contributed by atoms with van der Waals surface area (Å²) in [6.45, 7) is 1.96. The maximum atomic E-state index is 14.0. The molecule has 0 bridgehead atoms. The zero-order valence-electron chi connectivity index (χ0n) is 12.9. The van der Waals surface area contributed by atoms with Crippen LogP contribution in [0.2, 0.25) is 5.02 Å². The van der Waals surface area contributed by atoms with Gasteiger partial charge in [0, 0.05) is 10.6 Å². The van der Waals surface area contributed by atoms with Crippen molar-refractivity contribution in [2.24, 2.45) is 0 Å². The van der Waals surface area contributed by atoms with Gasteiger partial charge in [-0.1, -0.05) is 30.7 Å². The molecule has 0 heterocycles. The van der Waals surface area contributed by atoms with Crippen LogP contribution in [0, 0.1) is 5.82 Å². The summed E-state index contributed by atoms with van der Waals surface area (Å²) in [6.07, 6.45) is 0.126. The number of rotatable bonds is 5. The maximum Gasteiger partial charge on any atom is 0.411 e. The van der Waals surface area contributed by atoms with E-state index >= 15 is 0 Å². The molecule has 2 aromatic rings. The fourth-order valence-corrected chi connectivity index (χ4v) is 2.24.